The Hall–Kier alpha value is -1.34. The first-order chi connectivity index (χ1) is 60.9. The Balaban J connectivity index is 0.000000352. The molecule has 20 unspecified atom stereocenters. The number of rotatable bonds is 20. The van der Waals surface area contributed by atoms with Gasteiger partial charge in [0.1, 0.15) is 0 Å². The van der Waals surface area contributed by atoms with Crippen LogP contribution in [0.4, 0.5) is 0 Å². The minimum atomic E-state index is -0.826. The van der Waals surface area contributed by atoms with Crippen molar-refractivity contribution in [2.24, 2.45) is 158 Å². The summed E-state index contributed by atoms with van der Waals surface area (Å²) < 4.78 is 0. The summed E-state index contributed by atoms with van der Waals surface area (Å²) in [6, 6.07) is 34.8. The molecular formula is C121H166Cl8TiZr3-2. The molecule has 20 atom stereocenters. The summed E-state index contributed by atoms with van der Waals surface area (Å²) in [5, 5.41) is 0. The standard InChI is InChI=1S/C34H44.C31H32.C24H34.C24H32.8CH3.8ClH.Ti.3Zr/c1-6-7-21-34(26-15-11-12-16-26,25-13-9-8-10-14-25)32-30-22-24(2)17-19-28(30)29-20-18-27(23-31(29)32)33(3,4)5;1-3-13-23(14-4-1)31(25-17-7-8-18-25,24-15-5-2-6-16-24)30-28-21-11-9-19-26(28)27-20-10-12-22-29(27)30;2*1-3-4-17-24(2,18-11-5-6-12-18)23-21-15-9-7-13-19(21)20-14-8-10-16-22(20)23;;;;;;;;;;;;;;;;;;;;/h6,8-10,13-14,17-20,22-23,26,28-32H,1,7,11-12,15-16,21H2,2-5H3;1-6,9-16,19-22,25-30H,7-8,17-18H2;7-10,13-16,18-23H,3-6,11-12,17H2,1-2H3;3,7-10,13-16,18-23H,1,4-6,11-12,17H2,2H3;8*1H3;8*1H;;;;/q;;;;8*-1;;;;;;;;;+2;3*+4/p-8. The third-order valence-corrected chi connectivity index (χ3v) is 33.9. The van der Waals surface area contributed by atoms with Crippen LogP contribution in [0.25, 0.3) is 0 Å². The summed E-state index contributed by atoms with van der Waals surface area (Å²) in [5.74, 6) is 16.7. The third kappa shape index (κ3) is 28.1. The Morgan fingerprint density at radius 1 is 0.331 bits per heavy atom. The Morgan fingerprint density at radius 3 is 0.925 bits per heavy atom. The number of allylic oxidation sites excluding steroid dienone is 34. The van der Waals surface area contributed by atoms with Crippen LogP contribution in [0.2, 0.25) is 0 Å². The van der Waals surface area contributed by atoms with E-state index in [1.54, 1.807) is 5.56 Å². The van der Waals surface area contributed by atoms with Gasteiger partial charge in [-0.2, -0.15) is 0 Å². The predicted molar refractivity (Wildman–Crippen MR) is 581 cm³/mol. The van der Waals surface area contributed by atoms with Crippen LogP contribution in [-0.4, -0.2) is 0 Å². The fourth-order valence-corrected chi connectivity index (χ4v) is 29.2. The number of fused-ring (bicyclic) bond motifs is 12. The molecule has 3 aromatic carbocycles. The zero-order valence-electron chi connectivity index (χ0n) is 83.7. The van der Waals surface area contributed by atoms with Crippen molar-refractivity contribution in [1.29, 1.82) is 0 Å². The van der Waals surface area contributed by atoms with Gasteiger partial charge in [0.15, 0.2) is 0 Å². The van der Waals surface area contributed by atoms with E-state index in [0.29, 0.717) is 99.6 Å². The second-order valence-corrected chi connectivity index (χ2v) is 54.2. The number of halogens is 8. The molecule has 0 radical (unpaired) electrons. The molecule has 0 nitrogen and oxygen atoms in total. The van der Waals surface area contributed by atoms with E-state index in [2.05, 4.69) is 347 Å². The van der Waals surface area contributed by atoms with Crippen molar-refractivity contribution >= 4 is 69.7 Å². The molecule has 16 aliphatic carbocycles. The van der Waals surface area contributed by atoms with Crippen molar-refractivity contribution < 1.29 is 79.6 Å². The van der Waals surface area contributed by atoms with Crippen LogP contribution in [0.1, 0.15) is 213 Å². The maximum atomic E-state index is 4.93. The summed E-state index contributed by atoms with van der Waals surface area (Å²) in [4.78, 5) is 0. The molecular weight excluding hydrogens is 2060 g/mol. The number of unbranched alkanes of at least 4 members (excludes halogenated alkanes) is 1. The summed E-state index contributed by atoms with van der Waals surface area (Å²) in [6.07, 6.45) is 109. The topological polar surface area (TPSA) is 0 Å². The summed E-state index contributed by atoms with van der Waals surface area (Å²) >= 11 is -3.03. The zero-order valence-corrected chi connectivity index (χ0v) is 98.7. The first-order valence-corrected chi connectivity index (χ1v) is 71.3. The van der Waals surface area contributed by atoms with E-state index in [1.165, 1.54) is 157 Å². The number of hydrogen-bond acceptors (Lipinski definition) is 0. The van der Waals surface area contributed by atoms with Gasteiger partial charge in [-0.1, -0.05) is 397 Å². The van der Waals surface area contributed by atoms with E-state index in [9.17, 15) is 0 Å². The molecule has 12 heteroatoms. The molecule has 8 saturated carbocycles. The zero-order chi connectivity index (χ0) is 88.6. The second-order valence-electron chi connectivity index (χ2n) is 40.4. The summed E-state index contributed by atoms with van der Waals surface area (Å²) in [6.45, 7) is 25.3. The van der Waals surface area contributed by atoms with Gasteiger partial charge in [-0.15, -0.1) is 13.2 Å². The van der Waals surface area contributed by atoms with Crippen molar-refractivity contribution in [2.45, 2.75) is 207 Å². The molecule has 0 heterocycles. The van der Waals surface area contributed by atoms with Crippen LogP contribution in [0.15, 0.2) is 310 Å². The third-order valence-electron chi connectivity index (χ3n) is 33.9. The quantitative estimate of drug-likeness (QED) is 0.0601. The van der Waals surface area contributed by atoms with E-state index < -0.39 is 79.6 Å². The van der Waals surface area contributed by atoms with Crippen LogP contribution in [0, 0.1) is 218 Å². The maximum absolute atomic E-state index is 4.93. The normalized spacial score (nSPS) is 30.4. The molecule has 8 fully saturated rings. The molecule has 0 aliphatic heterocycles. The molecule has 0 aromatic heterocycles. The van der Waals surface area contributed by atoms with Crippen LogP contribution < -0.4 is 0 Å². The fraction of sp³-hybridized carbons (Fsp3) is 0.488. The SMILES string of the molecule is C1=CC2C3C=CC=CC3C(C(c3ccccc3)(c3ccccc3)C3CCCC3)C2C=C1.C=CCCC(C)(C1CCCC1)C1C2C=CC=CC2C2C=CC=CC21.C=CCCC(c1ccccc1)(C1CCCC1)C1C2C=C(C)C=CC2C2C=CC(C(C)(C)C)=CC21.CCCCC(C)(C1CCCC1)C1C2C=CC=CC2C2C=CC=CC21.[CH3-].[CH3-].[CH3-].[CH3-].[CH3-].[CH3-].[CH3-].[CH3-].[Cl][Ti][Cl].[Cl][Zr+2][Cl].[Cl][Zr+2][Cl].[Cl][Zr+2][Cl]. The van der Waals surface area contributed by atoms with Crippen LogP contribution in [0.3, 0.4) is 0 Å². The van der Waals surface area contributed by atoms with Gasteiger partial charge >= 0.3 is 149 Å². The van der Waals surface area contributed by atoms with E-state index in [1.807, 2.05) is 0 Å². The Labute approximate surface area is 889 Å². The van der Waals surface area contributed by atoms with Gasteiger partial charge < -0.3 is 59.4 Å². The second kappa shape index (κ2) is 61.1. The molecule has 724 valence electrons. The van der Waals surface area contributed by atoms with E-state index >= 15 is 0 Å². The van der Waals surface area contributed by atoms with Crippen LogP contribution in [0.5, 0.6) is 0 Å². The van der Waals surface area contributed by atoms with Gasteiger partial charge in [0.2, 0.25) is 0 Å². The molecule has 133 heavy (non-hydrogen) atoms. The molecule has 16 aliphatic rings. The first kappa shape index (κ1) is 124. The number of hydrogen-bond donors (Lipinski definition) is 0. The molecule has 3 aromatic rings. The van der Waals surface area contributed by atoms with Gasteiger partial charge in [-0.05, 0) is 271 Å². The average Bonchev–Trinajstić information content (AvgIpc) is 1.57. The summed E-state index contributed by atoms with van der Waals surface area (Å²) in [7, 11) is 39.4. The van der Waals surface area contributed by atoms with E-state index in [4.69, 9.17) is 69.7 Å². The van der Waals surface area contributed by atoms with Crippen molar-refractivity contribution in [1.82, 2.24) is 0 Å². The molecule has 0 amide bonds. The van der Waals surface area contributed by atoms with E-state index in [-0.39, 0.29) is 75.7 Å². The average molecular weight is 2230 g/mol. The summed E-state index contributed by atoms with van der Waals surface area (Å²) in [5.41, 5.74) is 9.02. The molecule has 0 bridgehead atoms. The monoisotopic (exact) mass is 2220 g/mol. The predicted octanol–water partition coefficient (Wildman–Crippen LogP) is 39.1. The van der Waals surface area contributed by atoms with Crippen molar-refractivity contribution in [3.05, 3.63) is 386 Å². The Bertz CT molecular complexity index is 4230. The Morgan fingerprint density at radius 2 is 0.602 bits per heavy atom. The minimum absolute atomic E-state index is 0. The molecule has 19 rings (SSSR count). The molecule has 0 N–H and O–H groups in total. The molecule has 0 spiro atoms. The van der Waals surface area contributed by atoms with Gasteiger partial charge in [0.05, 0.1) is 0 Å². The van der Waals surface area contributed by atoms with Crippen molar-refractivity contribution in [2.75, 3.05) is 0 Å². The van der Waals surface area contributed by atoms with Crippen LogP contribution in [-0.2, 0) is 90.4 Å². The van der Waals surface area contributed by atoms with Gasteiger partial charge in [0.25, 0.3) is 0 Å². The Kier molecular flexibility index (Phi) is 56.9. The molecule has 0 saturated heterocycles. The fourth-order valence-electron chi connectivity index (χ4n) is 29.2. The number of benzene rings is 3. The van der Waals surface area contributed by atoms with Gasteiger partial charge in [0, 0.05) is 10.8 Å². The van der Waals surface area contributed by atoms with Gasteiger partial charge in [-0.25, -0.2) is 0 Å². The van der Waals surface area contributed by atoms with E-state index in [0.717, 1.165) is 66.1 Å². The van der Waals surface area contributed by atoms with Gasteiger partial charge in [-0.3, -0.25) is 0 Å². The van der Waals surface area contributed by atoms with Crippen molar-refractivity contribution in [3.8, 4) is 0 Å². The van der Waals surface area contributed by atoms with Crippen LogP contribution >= 0.6 is 69.7 Å². The van der Waals surface area contributed by atoms with Crippen molar-refractivity contribution in [3.63, 3.8) is 0 Å². The first-order valence-electron chi connectivity index (χ1n) is 48.0.